The van der Waals surface area contributed by atoms with Crippen LogP contribution < -0.4 is 20.1 Å². The molecule has 0 aliphatic heterocycles. The molecule has 8 nitrogen and oxygen atoms in total. The number of anilines is 2. The Morgan fingerprint density at radius 3 is 2.56 bits per heavy atom. The second-order valence-electron chi connectivity index (χ2n) is 5.23. The average Bonchev–Trinajstić information content (AvgIpc) is 2.62. The number of nitrogens with one attached hydrogen (secondary N) is 2. The minimum Gasteiger partial charge on any atom is -0.497 e. The molecule has 0 radical (unpaired) electrons. The lowest BCUT2D eigenvalue weighted by molar-refractivity contribution is -0.384. The zero-order valence-corrected chi connectivity index (χ0v) is 14.1. The van der Waals surface area contributed by atoms with E-state index in [9.17, 15) is 14.9 Å². The van der Waals surface area contributed by atoms with Crippen molar-refractivity contribution in [1.82, 2.24) is 0 Å². The molecule has 1 unspecified atom stereocenters. The Hall–Kier alpha value is -3.29. The summed E-state index contributed by atoms with van der Waals surface area (Å²) in [5.74, 6) is 0.837. The summed E-state index contributed by atoms with van der Waals surface area (Å²) in [6.07, 6.45) is 0. The van der Waals surface area contributed by atoms with Gasteiger partial charge in [-0.2, -0.15) is 0 Å². The lowest BCUT2D eigenvalue weighted by atomic mass is 10.2. The quantitative estimate of drug-likeness (QED) is 0.590. The van der Waals surface area contributed by atoms with Crippen LogP contribution >= 0.6 is 0 Å². The molecule has 1 atom stereocenters. The SMILES string of the molecule is COc1ccc(NC(C)C(=O)Nc2cccc([N+](=O)[O-])c2)c(OC)c1. The molecule has 2 N–H and O–H groups in total. The van der Waals surface area contributed by atoms with E-state index in [-0.39, 0.29) is 11.6 Å². The number of ether oxygens (including phenoxy) is 2. The standard InChI is InChI=1S/C17H19N3O5/c1-11(18-15-8-7-14(24-2)10-16(15)25-3)17(21)19-12-5-4-6-13(9-12)20(22)23/h4-11,18H,1-3H3,(H,19,21). The Bertz CT molecular complexity index is 779. The molecule has 8 heteroatoms. The van der Waals surface area contributed by atoms with Crippen molar-refractivity contribution >= 4 is 23.0 Å². The first-order valence-electron chi connectivity index (χ1n) is 7.48. The van der Waals surface area contributed by atoms with E-state index in [4.69, 9.17) is 9.47 Å². The highest BCUT2D eigenvalue weighted by Crippen LogP contribution is 2.29. The molecule has 0 aromatic heterocycles. The number of nitro benzene ring substituents is 1. The first kappa shape index (κ1) is 18.1. The van der Waals surface area contributed by atoms with Crippen molar-refractivity contribution in [3.63, 3.8) is 0 Å². The number of carbonyl (C=O) groups is 1. The van der Waals surface area contributed by atoms with Crippen molar-refractivity contribution in [2.45, 2.75) is 13.0 Å². The fourth-order valence-electron chi connectivity index (χ4n) is 2.16. The number of nitro groups is 1. The molecule has 2 rings (SSSR count). The number of hydrogen-bond donors (Lipinski definition) is 2. The summed E-state index contributed by atoms with van der Waals surface area (Å²) >= 11 is 0. The van der Waals surface area contributed by atoms with E-state index in [1.807, 2.05) is 0 Å². The molecular formula is C17H19N3O5. The molecule has 0 heterocycles. The predicted molar refractivity (Wildman–Crippen MR) is 94.4 cm³/mol. The summed E-state index contributed by atoms with van der Waals surface area (Å²) in [7, 11) is 3.07. The second-order valence-corrected chi connectivity index (χ2v) is 5.23. The number of rotatable bonds is 7. The van der Waals surface area contributed by atoms with E-state index >= 15 is 0 Å². The third-order valence-corrected chi connectivity index (χ3v) is 3.50. The maximum atomic E-state index is 12.3. The number of non-ortho nitro benzene ring substituents is 1. The van der Waals surface area contributed by atoms with Crippen molar-refractivity contribution in [3.8, 4) is 11.5 Å². The molecule has 132 valence electrons. The molecule has 25 heavy (non-hydrogen) atoms. The minimum absolute atomic E-state index is 0.0877. The van der Waals surface area contributed by atoms with Gasteiger partial charge in [0.1, 0.15) is 17.5 Å². The van der Waals surface area contributed by atoms with Gasteiger partial charge in [0.2, 0.25) is 5.91 Å². The van der Waals surface area contributed by atoms with Gasteiger partial charge in [-0.3, -0.25) is 14.9 Å². The highest BCUT2D eigenvalue weighted by Gasteiger charge is 2.16. The van der Waals surface area contributed by atoms with Crippen LogP contribution in [0.4, 0.5) is 17.1 Å². The molecule has 0 bridgehead atoms. The number of amides is 1. The number of nitrogens with zero attached hydrogens (tertiary/aromatic N) is 1. The maximum Gasteiger partial charge on any atom is 0.271 e. The van der Waals surface area contributed by atoms with Crippen LogP contribution in [0, 0.1) is 10.1 Å². The van der Waals surface area contributed by atoms with E-state index < -0.39 is 11.0 Å². The summed E-state index contributed by atoms with van der Waals surface area (Å²) in [5, 5.41) is 16.5. The number of carbonyl (C=O) groups excluding carboxylic acids is 1. The fourth-order valence-corrected chi connectivity index (χ4v) is 2.16. The van der Waals surface area contributed by atoms with Gasteiger partial charge in [0.05, 0.1) is 24.8 Å². The zero-order chi connectivity index (χ0) is 18.4. The van der Waals surface area contributed by atoms with E-state index in [1.54, 1.807) is 38.3 Å². The van der Waals surface area contributed by atoms with Crippen molar-refractivity contribution in [2.24, 2.45) is 0 Å². The van der Waals surface area contributed by atoms with E-state index in [1.165, 1.54) is 25.3 Å². The first-order valence-corrected chi connectivity index (χ1v) is 7.48. The zero-order valence-electron chi connectivity index (χ0n) is 14.1. The molecule has 0 fully saturated rings. The number of methoxy groups -OCH3 is 2. The summed E-state index contributed by atoms with van der Waals surface area (Å²) in [5.41, 5.74) is 0.898. The molecular weight excluding hydrogens is 326 g/mol. The Morgan fingerprint density at radius 1 is 1.16 bits per heavy atom. The number of hydrogen-bond acceptors (Lipinski definition) is 6. The van der Waals surface area contributed by atoms with E-state index in [2.05, 4.69) is 10.6 Å². The third kappa shape index (κ3) is 4.60. The van der Waals surface area contributed by atoms with Gasteiger partial charge >= 0.3 is 0 Å². The van der Waals surface area contributed by atoms with Gasteiger partial charge < -0.3 is 20.1 Å². The van der Waals surface area contributed by atoms with Crippen LogP contribution in [-0.4, -0.2) is 31.1 Å². The van der Waals surface area contributed by atoms with Gasteiger partial charge in [0.15, 0.2) is 0 Å². The molecule has 0 saturated carbocycles. The highest BCUT2D eigenvalue weighted by atomic mass is 16.6. The van der Waals surface area contributed by atoms with Gasteiger partial charge in [-0.1, -0.05) is 6.07 Å². The molecule has 0 aliphatic rings. The first-order chi connectivity index (χ1) is 11.9. The van der Waals surface area contributed by atoms with Crippen molar-refractivity contribution in [2.75, 3.05) is 24.9 Å². The number of benzene rings is 2. The summed E-state index contributed by atoms with van der Waals surface area (Å²) < 4.78 is 10.4. The lowest BCUT2D eigenvalue weighted by Crippen LogP contribution is -2.32. The Morgan fingerprint density at radius 2 is 1.92 bits per heavy atom. The normalized spacial score (nSPS) is 11.3. The van der Waals surface area contributed by atoms with Crippen LogP contribution in [0.5, 0.6) is 11.5 Å². The van der Waals surface area contributed by atoms with Crippen molar-refractivity contribution in [1.29, 1.82) is 0 Å². The Balaban J connectivity index is 2.08. The summed E-state index contributed by atoms with van der Waals surface area (Å²) in [4.78, 5) is 22.6. The van der Waals surface area contributed by atoms with Crippen LogP contribution in [0.2, 0.25) is 0 Å². The topological polar surface area (TPSA) is 103 Å². The predicted octanol–water partition coefficient (Wildman–Crippen LogP) is 3.05. The molecule has 0 saturated heterocycles. The van der Waals surface area contributed by atoms with Crippen LogP contribution in [0.25, 0.3) is 0 Å². The molecule has 0 aliphatic carbocycles. The highest BCUT2D eigenvalue weighted by molar-refractivity contribution is 5.96. The minimum atomic E-state index is -0.596. The summed E-state index contributed by atoms with van der Waals surface area (Å²) in [6, 6.07) is 10.4. The smallest absolute Gasteiger partial charge is 0.271 e. The monoisotopic (exact) mass is 345 g/mol. The van der Waals surface area contributed by atoms with Crippen LogP contribution in [0.3, 0.4) is 0 Å². The summed E-state index contributed by atoms with van der Waals surface area (Å²) in [6.45, 7) is 1.68. The molecule has 0 spiro atoms. The fraction of sp³-hybridized carbons (Fsp3) is 0.235. The van der Waals surface area contributed by atoms with Gasteiger partial charge in [-0.15, -0.1) is 0 Å². The molecule has 2 aromatic carbocycles. The van der Waals surface area contributed by atoms with Gasteiger partial charge in [0, 0.05) is 23.9 Å². The van der Waals surface area contributed by atoms with E-state index in [0.29, 0.717) is 22.9 Å². The third-order valence-electron chi connectivity index (χ3n) is 3.50. The van der Waals surface area contributed by atoms with Crippen molar-refractivity contribution in [3.05, 3.63) is 52.6 Å². The lowest BCUT2D eigenvalue weighted by Gasteiger charge is -2.18. The largest absolute Gasteiger partial charge is 0.497 e. The second kappa shape index (κ2) is 8.00. The maximum absolute atomic E-state index is 12.3. The van der Waals surface area contributed by atoms with Gasteiger partial charge in [-0.05, 0) is 25.1 Å². The molecule has 2 aromatic rings. The Kier molecular flexibility index (Phi) is 5.78. The Labute approximate surface area is 144 Å². The van der Waals surface area contributed by atoms with Crippen LogP contribution in [0.15, 0.2) is 42.5 Å². The molecule has 1 amide bonds. The van der Waals surface area contributed by atoms with Crippen LogP contribution in [-0.2, 0) is 4.79 Å². The van der Waals surface area contributed by atoms with Crippen LogP contribution in [0.1, 0.15) is 6.92 Å². The van der Waals surface area contributed by atoms with Gasteiger partial charge in [0.25, 0.3) is 5.69 Å². The van der Waals surface area contributed by atoms with Crippen molar-refractivity contribution < 1.29 is 19.2 Å². The average molecular weight is 345 g/mol. The van der Waals surface area contributed by atoms with E-state index in [0.717, 1.165) is 0 Å². The van der Waals surface area contributed by atoms with Gasteiger partial charge in [-0.25, -0.2) is 0 Å².